The molecule has 0 unspecified atom stereocenters. The molecule has 2 aromatic carbocycles. The number of unbranched alkanes of at least 4 members (excludes halogenated alkanes) is 14. The Morgan fingerprint density at radius 1 is 0.429 bits per heavy atom. The summed E-state index contributed by atoms with van der Waals surface area (Å²) in [5.74, 6) is 1.84. The first-order valence-corrected chi connectivity index (χ1v) is 17.3. The van der Waals surface area contributed by atoms with Crippen LogP contribution in [-0.2, 0) is 0 Å². The first-order chi connectivity index (χ1) is 20.7. The second kappa shape index (κ2) is 23.9. The summed E-state index contributed by atoms with van der Waals surface area (Å²) in [6, 6.07) is 16.3. The molecule has 0 aliphatic rings. The molecule has 4 heteroatoms. The van der Waals surface area contributed by atoms with Crippen LogP contribution in [0.3, 0.4) is 0 Å². The molecule has 2 aromatic rings. The van der Waals surface area contributed by atoms with Gasteiger partial charge in [-0.3, -0.25) is 9.98 Å². The summed E-state index contributed by atoms with van der Waals surface area (Å²) in [7, 11) is 0. The molecule has 0 amide bonds. The van der Waals surface area contributed by atoms with Crippen LogP contribution < -0.4 is 9.47 Å². The molecular weight excluding hydrogens is 516 g/mol. The molecule has 0 heterocycles. The average Bonchev–Trinajstić information content (AvgIpc) is 3.02. The van der Waals surface area contributed by atoms with Gasteiger partial charge in [-0.1, -0.05) is 118 Å². The molecule has 0 spiro atoms. The zero-order valence-corrected chi connectivity index (χ0v) is 27.5. The Morgan fingerprint density at radius 3 is 1.05 bits per heavy atom. The van der Waals surface area contributed by atoms with Crippen LogP contribution in [0.4, 0.5) is 11.4 Å². The highest BCUT2D eigenvalue weighted by molar-refractivity contribution is 6.43. The molecule has 0 N–H and O–H groups in total. The highest BCUT2D eigenvalue weighted by Crippen LogP contribution is 2.22. The minimum Gasteiger partial charge on any atom is -0.494 e. The standard InChI is InChI=1S/C38H60N2O2/c1-5-9-11-13-15-17-19-21-31-41-35-27-23-33(24-28-35)39-37(7-3)38(8-4)40-34-25-29-36(30-26-34)42-32-22-20-18-16-14-12-10-6-2/h23-30H,5-22,31-32H2,1-4H3. The Morgan fingerprint density at radius 2 is 0.738 bits per heavy atom. The normalized spacial score (nSPS) is 12.1. The van der Waals surface area contributed by atoms with Crippen molar-refractivity contribution in [1.29, 1.82) is 0 Å². The topological polar surface area (TPSA) is 43.2 Å². The van der Waals surface area contributed by atoms with Gasteiger partial charge in [0.1, 0.15) is 11.5 Å². The number of aliphatic imine (C=N–C) groups is 2. The van der Waals surface area contributed by atoms with Gasteiger partial charge in [-0.05, 0) is 74.2 Å². The second-order valence-corrected chi connectivity index (χ2v) is 11.5. The molecule has 0 aliphatic carbocycles. The van der Waals surface area contributed by atoms with Gasteiger partial charge in [0.25, 0.3) is 0 Å². The van der Waals surface area contributed by atoms with Gasteiger partial charge in [-0.15, -0.1) is 0 Å². The maximum Gasteiger partial charge on any atom is 0.119 e. The lowest BCUT2D eigenvalue weighted by molar-refractivity contribution is 0.304. The van der Waals surface area contributed by atoms with Gasteiger partial charge in [0, 0.05) is 0 Å². The lowest BCUT2D eigenvalue weighted by Gasteiger charge is -2.09. The van der Waals surface area contributed by atoms with E-state index < -0.39 is 0 Å². The van der Waals surface area contributed by atoms with Crippen LogP contribution in [0.5, 0.6) is 11.5 Å². The number of hydrogen-bond donors (Lipinski definition) is 0. The van der Waals surface area contributed by atoms with Crippen LogP contribution in [-0.4, -0.2) is 24.6 Å². The molecule has 0 saturated carbocycles. The molecule has 2 rings (SSSR count). The Hall–Kier alpha value is -2.62. The van der Waals surface area contributed by atoms with Crippen molar-refractivity contribution in [1.82, 2.24) is 0 Å². The van der Waals surface area contributed by atoms with Crippen molar-refractivity contribution in [2.45, 2.75) is 143 Å². The molecule has 4 nitrogen and oxygen atoms in total. The van der Waals surface area contributed by atoms with E-state index in [1.165, 1.54) is 89.9 Å². The van der Waals surface area contributed by atoms with Gasteiger partial charge >= 0.3 is 0 Å². The van der Waals surface area contributed by atoms with Gasteiger partial charge in [0.2, 0.25) is 0 Å². The molecule has 0 bridgehead atoms. The van der Waals surface area contributed by atoms with Crippen molar-refractivity contribution >= 4 is 22.8 Å². The fraction of sp³-hybridized carbons (Fsp3) is 0.632. The van der Waals surface area contributed by atoms with Crippen LogP contribution in [0.2, 0.25) is 0 Å². The molecule has 0 radical (unpaired) electrons. The Bertz CT molecular complexity index is 898. The Kier molecular flexibility index (Phi) is 20.2. The van der Waals surface area contributed by atoms with E-state index in [4.69, 9.17) is 19.5 Å². The predicted octanol–water partition coefficient (Wildman–Crippen LogP) is 12.4. The quantitative estimate of drug-likeness (QED) is 0.0871. The summed E-state index contributed by atoms with van der Waals surface area (Å²) >= 11 is 0. The summed E-state index contributed by atoms with van der Waals surface area (Å²) in [5, 5.41) is 0. The summed E-state index contributed by atoms with van der Waals surface area (Å²) in [6.45, 7) is 10.4. The van der Waals surface area contributed by atoms with Crippen LogP contribution >= 0.6 is 0 Å². The molecule has 42 heavy (non-hydrogen) atoms. The van der Waals surface area contributed by atoms with Crippen molar-refractivity contribution in [3.8, 4) is 11.5 Å². The minimum absolute atomic E-state index is 0.785. The van der Waals surface area contributed by atoms with Crippen molar-refractivity contribution in [3.05, 3.63) is 48.5 Å². The summed E-state index contributed by atoms with van der Waals surface area (Å²) in [6.07, 6.45) is 22.7. The second-order valence-electron chi connectivity index (χ2n) is 11.5. The third kappa shape index (κ3) is 16.1. The molecule has 0 atom stereocenters. The Labute approximate surface area is 258 Å². The lowest BCUT2D eigenvalue weighted by atomic mass is 10.1. The van der Waals surface area contributed by atoms with Gasteiger partial charge in [-0.25, -0.2) is 0 Å². The number of benzene rings is 2. The van der Waals surface area contributed by atoms with Crippen LogP contribution in [0.1, 0.15) is 143 Å². The minimum atomic E-state index is 0.785. The summed E-state index contributed by atoms with van der Waals surface area (Å²) in [4.78, 5) is 9.89. The largest absolute Gasteiger partial charge is 0.494 e. The van der Waals surface area contributed by atoms with E-state index in [0.29, 0.717) is 0 Å². The van der Waals surface area contributed by atoms with Gasteiger partial charge in [0.05, 0.1) is 36.0 Å². The molecule has 0 aliphatic heterocycles. The van der Waals surface area contributed by atoms with Gasteiger partial charge < -0.3 is 9.47 Å². The van der Waals surface area contributed by atoms with E-state index in [-0.39, 0.29) is 0 Å². The van der Waals surface area contributed by atoms with Crippen molar-refractivity contribution in [3.63, 3.8) is 0 Å². The molecule has 234 valence electrons. The van der Waals surface area contributed by atoms with E-state index in [2.05, 4.69) is 27.7 Å². The van der Waals surface area contributed by atoms with Crippen molar-refractivity contribution in [2.75, 3.05) is 13.2 Å². The SMILES string of the molecule is CCCCCCCCCCOc1ccc(N=C(CC)C(CC)=Nc2ccc(OCCCCCCCCCC)cc2)cc1. The van der Waals surface area contributed by atoms with Crippen molar-refractivity contribution < 1.29 is 9.47 Å². The van der Waals surface area contributed by atoms with Crippen molar-refractivity contribution in [2.24, 2.45) is 9.98 Å². The number of hydrogen-bond acceptors (Lipinski definition) is 4. The van der Waals surface area contributed by atoms with Crippen LogP contribution in [0, 0.1) is 0 Å². The van der Waals surface area contributed by atoms with Crippen LogP contribution in [0.25, 0.3) is 0 Å². The first-order valence-electron chi connectivity index (χ1n) is 17.3. The highest BCUT2D eigenvalue weighted by atomic mass is 16.5. The number of ether oxygens (including phenoxy) is 2. The van der Waals surface area contributed by atoms with E-state index in [0.717, 1.165) is 73.2 Å². The fourth-order valence-corrected chi connectivity index (χ4v) is 5.09. The first kappa shape index (κ1) is 35.6. The lowest BCUT2D eigenvalue weighted by Crippen LogP contribution is -2.11. The average molecular weight is 577 g/mol. The van der Waals surface area contributed by atoms with E-state index in [1.54, 1.807) is 0 Å². The van der Waals surface area contributed by atoms with Crippen LogP contribution in [0.15, 0.2) is 58.5 Å². The van der Waals surface area contributed by atoms with E-state index >= 15 is 0 Å². The molecule has 0 saturated heterocycles. The molecule has 0 fully saturated rings. The maximum atomic E-state index is 5.97. The third-order valence-electron chi connectivity index (χ3n) is 7.74. The third-order valence-corrected chi connectivity index (χ3v) is 7.74. The maximum absolute atomic E-state index is 5.97. The smallest absolute Gasteiger partial charge is 0.119 e. The zero-order valence-electron chi connectivity index (χ0n) is 27.5. The predicted molar refractivity (Wildman–Crippen MR) is 184 cm³/mol. The highest BCUT2D eigenvalue weighted by Gasteiger charge is 2.07. The molecule has 0 aromatic heterocycles. The zero-order chi connectivity index (χ0) is 30.1. The number of nitrogens with zero attached hydrogens (tertiary/aromatic N) is 2. The summed E-state index contributed by atoms with van der Waals surface area (Å²) in [5.41, 5.74) is 3.94. The molecular formula is C38H60N2O2. The van der Waals surface area contributed by atoms with E-state index in [9.17, 15) is 0 Å². The summed E-state index contributed by atoms with van der Waals surface area (Å²) < 4.78 is 11.9. The van der Waals surface area contributed by atoms with Gasteiger partial charge in [-0.2, -0.15) is 0 Å². The Balaban J connectivity index is 1.78. The fourth-order valence-electron chi connectivity index (χ4n) is 5.09. The number of rotatable bonds is 25. The van der Waals surface area contributed by atoms with Gasteiger partial charge in [0.15, 0.2) is 0 Å². The van der Waals surface area contributed by atoms with E-state index in [1.807, 2.05) is 48.5 Å². The monoisotopic (exact) mass is 576 g/mol.